The van der Waals surface area contributed by atoms with Crippen molar-refractivity contribution >= 4 is 5.91 Å². The average Bonchev–Trinajstić information content (AvgIpc) is 2.09. The normalized spacial score (nSPS) is 24.7. The quantitative estimate of drug-likeness (QED) is 0.771. The number of nitrogens with zero attached hydrogens (tertiary/aromatic N) is 1. The van der Waals surface area contributed by atoms with Gasteiger partial charge in [-0.05, 0) is 31.6 Å². The van der Waals surface area contributed by atoms with E-state index in [9.17, 15) is 9.90 Å². The van der Waals surface area contributed by atoms with Gasteiger partial charge in [-0.3, -0.25) is 4.79 Å². The molecule has 1 aliphatic heterocycles. The van der Waals surface area contributed by atoms with Crippen LogP contribution in [0.15, 0.2) is 0 Å². The number of piperidine rings is 1. The van der Waals surface area contributed by atoms with E-state index in [1.54, 1.807) is 6.92 Å². The van der Waals surface area contributed by atoms with Crippen molar-refractivity contribution in [2.75, 3.05) is 13.1 Å². The number of aliphatic hydroxyl groups excluding tert-OH is 1. The molecule has 3 heteroatoms. The molecule has 1 heterocycles. The van der Waals surface area contributed by atoms with Gasteiger partial charge in [0.15, 0.2) is 0 Å². The Hall–Kier alpha value is -0.570. The second-order valence-corrected chi connectivity index (χ2v) is 5.18. The summed E-state index contributed by atoms with van der Waals surface area (Å²) in [5.41, 5.74) is 0. The van der Waals surface area contributed by atoms with E-state index in [4.69, 9.17) is 0 Å². The van der Waals surface area contributed by atoms with Crippen LogP contribution in [0.4, 0.5) is 0 Å². The van der Waals surface area contributed by atoms with Crippen LogP contribution in [0.5, 0.6) is 0 Å². The Morgan fingerprint density at radius 1 is 1.47 bits per heavy atom. The van der Waals surface area contributed by atoms with Gasteiger partial charge in [0, 0.05) is 19.5 Å². The lowest BCUT2D eigenvalue weighted by Crippen LogP contribution is -2.43. The Morgan fingerprint density at radius 2 is 2.13 bits per heavy atom. The van der Waals surface area contributed by atoms with E-state index in [1.165, 1.54) is 6.42 Å². The van der Waals surface area contributed by atoms with Crippen LogP contribution in [0.25, 0.3) is 0 Å². The van der Waals surface area contributed by atoms with Crippen LogP contribution < -0.4 is 0 Å². The van der Waals surface area contributed by atoms with Crippen molar-refractivity contribution in [3.63, 3.8) is 0 Å². The molecule has 2 unspecified atom stereocenters. The molecule has 0 aromatic heterocycles. The first-order valence-corrected chi connectivity index (χ1v) is 5.95. The minimum absolute atomic E-state index is 0.205. The van der Waals surface area contributed by atoms with E-state index in [0.717, 1.165) is 13.0 Å². The Bertz CT molecular complexity index is 214. The Kier molecular flexibility index (Phi) is 4.58. The number of carbonyl (C=O) groups excluding carboxylic acids is 1. The molecule has 0 aliphatic carbocycles. The highest BCUT2D eigenvalue weighted by Gasteiger charge is 2.26. The van der Waals surface area contributed by atoms with Crippen LogP contribution in [0, 0.1) is 11.8 Å². The van der Waals surface area contributed by atoms with Gasteiger partial charge >= 0.3 is 0 Å². The molecule has 1 N–H and O–H groups in total. The zero-order chi connectivity index (χ0) is 11.4. The lowest BCUT2D eigenvalue weighted by molar-refractivity contribution is -0.136. The van der Waals surface area contributed by atoms with Gasteiger partial charge in [-0.15, -0.1) is 0 Å². The predicted molar refractivity (Wildman–Crippen MR) is 60.4 cm³/mol. The van der Waals surface area contributed by atoms with Gasteiger partial charge in [0.2, 0.25) is 5.91 Å². The molecule has 0 bridgehead atoms. The summed E-state index contributed by atoms with van der Waals surface area (Å²) in [7, 11) is 0. The summed E-state index contributed by atoms with van der Waals surface area (Å²) in [6.45, 7) is 7.50. The molecular weight excluding hydrogens is 190 g/mol. The molecule has 1 amide bonds. The first kappa shape index (κ1) is 12.5. The molecule has 0 aromatic rings. The van der Waals surface area contributed by atoms with Gasteiger partial charge in [0.25, 0.3) is 0 Å². The van der Waals surface area contributed by atoms with E-state index in [2.05, 4.69) is 13.8 Å². The molecule has 0 radical (unpaired) electrons. The highest BCUT2D eigenvalue weighted by atomic mass is 16.3. The van der Waals surface area contributed by atoms with Crippen molar-refractivity contribution in [3.05, 3.63) is 0 Å². The topological polar surface area (TPSA) is 40.5 Å². The van der Waals surface area contributed by atoms with Crippen LogP contribution in [-0.4, -0.2) is 35.1 Å². The van der Waals surface area contributed by atoms with Crippen molar-refractivity contribution < 1.29 is 9.90 Å². The molecule has 1 fully saturated rings. The molecule has 88 valence electrons. The van der Waals surface area contributed by atoms with Crippen LogP contribution in [-0.2, 0) is 4.79 Å². The van der Waals surface area contributed by atoms with Gasteiger partial charge < -0.3 is 10.0 Å². The number of amides is 1. The third-order valence-corrected chi connectivity index (χ3v) is 2.89. The summed E-state index contributed by atoms with van der Waals surface area (Å²) in [4.78, 5) is 13.4. The number of β-amino-alcohol motifs (C(OH)–C–C–N with tert-alkyl or cyclic N) is 1. The largest absolute Gasteiger partial charge is 0.392 e. The Labute approximate surface area is 92.5 Å². The minimum atomic E-state index is -0.410. The van der Waals surface area contributed by atoms with Crippen molar-refractivity contribution in [2.24, 2.45) is 11.8 Å². The summed E-state index contributed by atoms with van der Waals surface area (Å²) in [6, 6.07) is 0. The summed E-state index contributed by atoms with van der Waals surface area (Å²) in [5, 5.41) is 9.30. The highest BCUT2D eigenvalue weighted by Crippen LogP contribution is 2.23. The molecular formula is C12H23NO2. The van der Waals surface area contributed by atoms with Crippen LogP contribution in [0.2, 0.25) is 0 Å². The molecule has 2 atom stereocenters. The van der Waals surface area contributed by atoms with Crippen LogP contribution >= 0.6 is 0 Å². The van der Waals surface area contributed by atoms with Gasteiger partial charge in [-0.2, -0.15) is 0 Å². The summed E-state index contributed by atoms with van der Waals surface area (Å²) < 4.78 is 0. The SMILES string of the molecule is CC(C)CC1CCC(=O)N(CC(C)O)C1. The van der Waals surface area contributed by atoms with Gasteiger partial charge in [-0.25, -0.2) is 0 Å². The molecule has 0 spiro atoms. The van der Waals surface area contributed by atoms with E-state index in [0.29, 0.717) is 24.8 Å². The van der Waals surface area contributed by atoms with Gasteiger partial charge in [-0.1, -0.05) is 13.8 Å². The van der Waals surface area contributed by atoms with Gasteiger partial charge in [0.1, 0.15) is 0 Å². The minimum Gasteiger partial charge on any atom is -0.392 e. The second kappa shape index (κ2) is 5.50. The van der Waals surface area contributed by atoms with E-state index in [1.807, 2.05) is 4.90 Å². The van der Waals surface area contributed by atoms with Gasteiger partial charge in [0.05, 0.1) is 6.10 Å². The standard InChI is InChI=1S/C12H23NO2/c1-9(2)6-11-4-5-12(15)13(8-11)7-10(3)14/h9-11,14H,4-8H2,1-3H3. The number of carbonyl (C=O) groups is 1. The maximum atomic E-state index is 11.6. The fraction of sp³-hybridized carbons (Fsp3) is 0.917. The smallest absolute Gasteiger partial charge is 0.222 e. The van der Waals surface area contributed by atoms with E-state index in [-0.39, 0.29) is 5.91 Å². The fourth-order valence-electron chi connectivity index (χ4n) is 2.34. The Morgan fingerprint density at radius 3 is 2.67 bits per heavy atom. The number of hydrogen-bond donors (Lipinski definition) is 1. The molecule has 0 aromatic carbocycles. The zero-order valence-electron chi connectivity index (χ0n) is 10.1. The maximum Gasteiger partial charge on any atom is 0.222 e. The summed E-state index contributed by atoms with van der Waals surface area (Å²) >= 11 is 0. The average molecular weight is 213 g/mol. The lowest BCUT2D eigenvalue weighted by atomic mass is 9.89. The van der Waals surface area contributed by atoms with Crippen molar-refractivity contribution in [1.82, 2.24) is 4.90 Å². The number of hydrogen-bond acceptors (Lipinski definition) is 2. The van der Waals surface area contributed by atoms with E-state index >= 15 is 0 Å². The molecule has 0 saturated carbocycles. The number of likely N-dealkylation sites (tertiary alicyclic amines) is 1. The van der Waals surface area contributed by atoms with Crippen molar-refractivity contribution in [2.45, 2.75) is 46.1 Å². The van der Waals surface area contributed by atoms with Crippen molar-refractivity contribution in [3.8, 4) is 0 Å². The molecule has 1 aliphatic rings. The molecule has 3 nitrogen and oxygen atoms in total. The summed E-state index contributed by atoms with van der Waals surface area (Å²) in [6.07, 6.45) is 2.45. The summed E-state index contributed by atoms with van der Waals surface area (Å²) in [5.74, 6) is 1.52. The second-order valence-electron chi connectivity index (χ2n) is 5.18. The molecule has 1 rings (SSSR count). The zero-order valence-corrected chi connectivity index (χ0v) is 10.1. The molecule has 1 saturated heterocycles. The van der Waals surface area contributed by atoms with Crippen molar-refractivity contribution in [1.29, 1.82) is 0 Å². The molecule has 15 heavy (non-hydrogen) atoms. The number of aliphatic hydroxyl groups is 1. The third-order valence-electron chi connectivity index (χ3n) is 2.89. The predicted octanol–water partition coefficient (Wildman–Crippen LogP) is 1.65. The maximum absolute atomic E-state index is 11.6. The third kappa shape index (κ3) is 4.20. The number of rotatable bonds is 4. The lowest BCUT2D eigenvalue weighted by Gasteiger charge is -2.34. The van der Waals surface area contributed by atoms with Crippen LogP contribution in [0.3, 0.4) is 0 Å². The first-order chi connectivity index (χ1) is 6.99. The first-order valence-electron chi connectivity index (χ1n) is 5.95. The highest BCUT2D eigenvalue weighted by molar-refractivity contribution is 5.76. The van der Waals surface area contributed by atoms with E-state index < -0.39 is 6.10 Å². The van der Waals surface area contributed by atoms with Crippen LogP contribution in [0.1, 0.15) is 40.0 Å². The monoisotopic (exact) mass is 213 g/mol. The Balaban J connectivity index is 2.44. The fourth-order valence-corrected chi connectivity index (χ4v) is 2.34.